The topological polar surface area (TPSA) is 38.3 Å². The van der Waals surface area contributed by atoms with Gasteiger partial charge in [0.05, 0.1) is 4.91 Å². The van der Waals surface area contributed by atoms with Crippen LogP contribution in [-0.4, -0.2) is 16.3 Å². The minimum atomic E-state index is -0.116. The molecule has 0 spiro atoms. The van der Waals surface area contributed by atoms with Gasteiger partial charge in [0.25, 0.3) is 5.91 Å². The lowest BCUT2D eigenvalue weighted by molar-refractivity contribution is -0.115. The summed E-state index contributed by atoms with van der Waals surface area (Å²) in [5.74, 6) is 0.832. The van der Waals surface area contributed by atoms with E-state index in [4.69, 9.17) is 17.0 Å². The van der Waals surface area contributed by atoms with Crippen LogP contribution in [0.2, 0.25) is 0 Å². The van der Waals surface area contributed by atoms with Crippen molar-refractivity contribution in [3.05, 3.63) is 34.2 Å². The molecular weight excluding hydrogens is 266 g/mol. The van der Waals surface area contributed by atoms with E-state index >= 15 is 0 Å². The summed E-state index contributed by atoms with van der Waals surface area (Å²) in [4.78, 5) is 12.2. The van der Waals surface area contributed by atoms with E-state index in [1.165, 1.54) is 17.3 Å². The van der Waals surface area contributed by atoms with Crippen LogP contribution in [0.3, 0.4) is 0 Å². The Labute approximate surface area is 115 Å². The molecule has 2 aliphatic heterocycles. The smallest absolute Gasteiger partial charge is 0.263 e. The Hall–Kier alpha value is -1.33. The first-order valence-corrected chi connectivity index (χ1v) is 6.89. The third kappa shape index (κ3) is 2.15. The summed E-state index contributed by atoms with van der Waals surface area (Å²) in [6, 6.07) is 5.99. The largest absolute Gasteiger partial charge is 0.490 e. The van der Waals surface area contributed by atoms with Crippen molar-refractivity contribution in [3.8, 4) is 5.75 Å². The SMILES string of the molecule is CC1Cc2cc(/C=C3\SC(=S)NC3=O)ccc2O1. The number of amides is 1. The van der Waals surface area contributed by atoms with Crippen LogP contribution in [0, 0.1) is 0 Å². The van der Waals surface area contributed by atoms with E-state index in [1.807, 2.05) is 18.2 Å². The summed E-state index contributed by atoms with van der Waals surface area (Å²) in [6.45, 7) is 2.05. The molecule has 1 fully saturated rings. The molecule has 0 aliphatic carbocycles. The fourth-order valence-electron chi connectivity index (χ4n) is 2.10. The number of carbonyl (C=O) groups is 1. The van der Waals surface area contributed by atoms with Gasteiger partial charge in [0, 0.05) is 6.42 Å². The van der Waals surface area contributed by atoms with Crippen LogP contribution in [0.25, 0.3) is 6.08 Å². The van der Waals surface area contributed by atoms with Gasteiger partial charge < -0.3 is 10.1 Å². The van der Waals surface area contributed by atoms with Crippen molar-refractivity contribution >= 4 is 40.3 Å². The molecule has 1 aromatic rings. The zero-order chi connectivity index (χ0) is 12.7. The number of benzene rings is 1. The normalized spacial score (nSPS) is 24.1. The van der Waals surface area contributed by atoms with E-state index in [-0.39, 0.29) is 12.0 Å². The maximum absolute atomic E-state index is 11.6. The molecule has 92 valence electrons. The van der Waals surface area contributed by atoms with E-state index in [0.29, 0.717) is 9.23 Å². The molecule has 3 rings (SSSR count). The van der Waals surface area contributed by atoms with Gasteiger partial charge in [-0.05, 0) is 36.3 Å². The molecule has 1 N–H and O–H groups in total. The summed E-state index contributed by atoms with van der Waals surface area (Å²) < 4.78 is 6.16. The molecule has 1 atom stereocenters. The van der Waals surface area contributed by atoms with Gasteiger partial charge in [-0.1, -0.05) is 30.0 Å². The second kappa shape index (κ2) is 4.40. The molecule has 3 nitrogen and oxygen atoms in total. The average molecular weight is 277 g/mol. The Kier molecular flexibility index (Phi) is 2.87. The van der Waals surface area contributed by atoms with Gasteiger partial charge in [-0.3, -0.25) is 4.79 Å². The number of hydrogen-bond donors (Lipinski definition) is 1. The van der Waals surface area contributed by atoms with Crippen molar-refractivity contribution in [2.75, 3.05) is 0 Å². The first-order valence-electron chi connectivity index (χ1n) is 5.66. The second-order valence-electron chi connectivity index (χ2n) is 4.35. The average Bonchev–Trinajstić information content (AvgIpc) is 2.80. The summed E-state index contributed by atoms with van der Waals surface area (Å²) in [7, 11) is 0. The van der Waals surface area contributed by atoms with Crippen molar-refractivity contribution in [3.63, 3.8) is 0 Å². The number of thiocarbonyl (C=S) groups is 1. The predicted octanol–water partition coefficient (Wildman–Crippen LogP) is 2.50. The van der Waals surface area contributed by atoms with Crippen molar-refractivity contribution in [1.29, 1.82) is 0 Å². The maximum atomic E-state index is 11.6. The van der Waals surface area contributed by atoms with Gasteiger partial charge in [0.15, 0.2) is 0 Å². The van der Waals surface area contributed by atoms with Gasteiger partial charge in [-0.25, -0.2) is 0 Å². The number of nitrogens with one attached hydrogen (secondary N) is 1. The highest BCUT2D eigenvalue weighted by Gasteiger charge is 2.23. The Morgan fingerprint density at radius 1 is 1.56 bits per heavy atom. The maximum Gasteiger partial charge on any atom is 0.263 e. The Morgan fingerprint density at radius 2 is 2.39 bits per heavy atom. The number of hydrogen-bond acceptors (Lipinski definition) is 4. The first kappa shape index (κ1) is 11.7. The Bertz CT molecular complexity index is 580. The predicted molar refractivity (Wildman–Crippen MR) is 76.5 cm³/mol. The first-order chi connectivity index (χ1) is 8.61. The quantitative estimate of drug-likeness (QED) is 0.632. The summed E-state index contributed by atoms with van der Waals surface area (Å²) in [5.41, 5.74) is 2.21. The van der Waals surface area contributed by atoms with E-state index in [9.17, 15) is 4.79 Å². The van der Waals surface area contributed by atoms with E-state index in [2.05, 4.69) is 18.3 Å². The van der Waals surface area contributed by atoms with Gasteiger partial charge in [-0.15, -0.1) is 0 Å². The molecule has 1 saturated heterocycles. The van der Waals surface area contributed by atoms with Crippen molar-refractivity contribution in [2.45, 2.75) is 19.4 Å². The molecule has 0 radical (unpaired) electrons. The highest BCUT2D eigenvalue weighted by molar-refractivity contribution is 8.26. The molecule has 1 aromatic carbocycles. The number of thioether (sulfide) groups is 1. The van der Waals surface area contributed by atoms with Crippen LogP contribution < -0.4 is 10.1 Å². The zero-order valence-electron chi connectivity index (χ0n) is 9.73. The molecule has 2 aliphatic rings. The molecule has 2 heterocycles. The molecule has 5 heteroatoms. The van der Waals surface area contributed by atoms with Crippen LogP contribution in [0.15, 0.2) is 23.1 Å². The van der Waals surface area contributed by atoms with Crippen LogP contribution in [0.5, 0.6) is 5.75 Å². The highest BCUT2D eigenvalue weighted by Crippen LogP contribution is 2.31. The standard InChI is InChI=1S/C13H11NO2S2/c1-7-4-9-5-8(2-3-10(9)16-7)6-11-12(15)14-13(17)18-11/h2-3,5-7H,4H2,1H3,(H,14,15,17)/b11-6-. The minimum Gasteiger partial charge on any atom is -0.490 e. The van der Waals surface area contributed by atoms with Crippen molar-refractivity contribution in [1.82, 2.24) is 5.32 Å². The van der Waals surface area contributed by atoms with Gasteiger partial charge in [0.2, 0.25) is 0 Å². The van der Waals surface area contributed by atoms with Crippen LogP contribution in [-0.2, 0) is 11.2 Å². The van der Waals surface area contributed by atoms with Crippen molar-refractivity contribution < 1.29 is 9.53 Å². The van der Waals surface area contributed by atoms with Crippen LogP contribution in [0.4, 0.5) is 0 Å². The molecule has 1 unspecified atom stereocenters. The third-order valence-electron chi connectivity index (χ3n) is 2.86. The molecule has 0 aromatic heterocycles. The summed E-state index contributed by atoms with van der Waals surface area (Å²) in [5, 5.41) is 2.61. The van der Waals surface area contributed by atoms with E-state index < -0.39 is 0 Å². The fourth-order valence-corrected chi connectivity index (χ4v) is 3.15. The second-order valence-corrected chi connectivity index (χ2v) is 6.07. The summed E-state index contributed by atoms with van der Waals surface area (Å²) in [6.07, 6.45) is 3.02. The monoisotopic (exact) mass is 277 g/mol. The molecular formula is C13H11NO2S2. The van der Waals surface area contributed by atoms with Crippen molar-refractivity contribution in [2.24, 2.45) is 0 Å². The molecule has 0 bridgehead atoms. The Balaban J connectivity index is 1.91. The molecule has 1 amide bonds. The minimum absolute atomic E-state index is 0.116. The van der Waals surface area contributed by atoms with Gasteiger partial charge in [0.1, 0.15) is 16.2 Å². The van der Waals surface area contributed by atoms with Crippen LogP contribution in [0.1, 0.15) is 18.1 Å². The van der Waals surface area contributed by atoms with E-state index in [0.717, 1.165) is 17.7 Å². The van der Waals surface area contributed by atoms with Gasteiger partial charge >= 0.3 is 0 Å². The fraction of sp³-hybridized carbons (Fsp3) is 0.231. The number of rotatable bonds is 1. The molecule has 18 heavy (non-hydrogen) atoms. The molecule has 0 saturated carbocycles. The number of ether oxygens (including phenoxy) is 1. The number of carbonyl (C=O) groups excluding carboxylic acids is 1. The van der Waals surface area contributed by atoms with Crippen LogP contribution >= 0.6 is 24.0 Å². The third-order valence-corrected chi connectivity index (χ3v) is 4.02. The Morgan fingerprint density at radius 3 is 3.11 bits per heavy atom. The van der Waals surface area contributed by atoms with Gasteiger partial charge in [-0.2, -0.15) is 0 Å². The lowest BCUT2D eigenvalue weighted by Gasteiger charge is -2.02. The van der Waals surface area contributed by atoms with E-state index in [1.54, 1.807) is 0 Å². The summed E-state index contributed by atoms with van der Waals surface area (Å²) >= 11 is 6.26. The zero-order valence-corrected chi connectivity index (χ0v) is 11.4. The number of fused-ring (bicyclic) bond motifs is 1. The highest BCUT2D eigenvalue weighted by atomic mass is 32.2. The lowest BCUT2D eigenvalue weighted by atomic mass is 10.1. The lowest BCUT2D eigenvalue weighted by Crippen LogP contribution is -2.17.